The Bertz CT molecular complexity index is 1160. The predicted octanol–water partition coefficient (Wildman–Crippen LogP) is -1.05. The molecule has 1 aliphatic rings. The molecule has 35 heavy (non-hydrogen) atoms. The van der Waals surface area contributed by atoms with Crippen molar-refractivity contribution in [2.24, 2.45) is 0 Å². The predicted molar refractivity (Wildman–Crippen MR) is 120 cm³/mol. The molecule has 0 radical (unpaired) electrons. The van der Waals surface area contributed by atoms with Gasteiger partial charge in [0.2, 0.25) is 5.95 Å². The molecule has 1 saturated heterocycles. The molecule has 0 aliphatic carbocycles. The van der Waals surface area contributed by atoms with E-state index < -0.39 is 52.4 Å². The molecule has 2 aromatic heterocycles. The fourth-order valence-corrected chi connectivity index (χ4v) is 5.02. The number of fused-ring (bicyclic) bond motifs is 1. The molecule has 0 amide bonds. The van der Waals surface area contributed by atoms with E-state index in [1.54, 1.807) is 0 Å². The Labute approximate surface area is 201 Å². The number of nitrogens with zero attached hydrogens (tertiary/aromatic N) is 3. The normalized spacial score (nSPS) is 26.1. The first-order valence-corrected chi connectivity index (χ1v) is 14.1. The van der Waals surface area contributed by atoms with Gasteiger partial charge < -0.3 is 30.5 Å². The first kappa shape index (κ1) is 28.2. The standard InChI is InChI=1S/C15H25N5O12P2S/c1-28-33(24,25)29-2-4-35-5-3-30-34(26,27)31-6-8-10(21)11(22)14(32-8)20-7-17-9-12(20)18-15(16)19-13(9)23/h7-8,10-11,14,21-22H,2-6H2,1H3,(H,24,25)(H,26,27)(H3,16,18,19,23)/t8-,10-,11-,14-/m1/s1. The number of phosphoric ester groups is 2. The number of ether oxygens (including phenoxy) is 1. The maximum Gasteiger partial charge on any atom is 0.472 e. The first-order valence-electron chi connectivity index (χ1n) is 9.90. The lowest BCUT2D eigenvalue weighted by Crippen LogP contribution is -2.33. The summed E-state index contributed by atoms with van der Waals surface area (Å²) in [5, 5.41) is 20.7. The summed E-state index contributed by atoms with van der Waals surface area (Å²) in [6.07, 6.45) is -4.30. The number of aromatic nitrogens is 4. The maximum atomic E-state index is 12.1. The number of aliphatic hydroxyl groups excluding tert-OH is 2. The Morgan fingerprint density at radius 2 is 1.83 bits per heavy atom. The van der Waals surface area contributed by atoms with E-state index >= 15 is 0 Å². The van der Waals surface area contributed by atoms with Crippen molar-refractivity contribution in [2.75, 3.05) is 44.2 Å². The lowest BCUT2D eigenvalue weighted by atomic mass is 10.1. The third kappa shape index (κ3) is 7.31. The summed E-state index contributed by atoms with van der Waals surface area (Å²) in [6, 6.07) is 0. The van der Waals surface area contributed by atoms with Crippen molar-refractivity contribution in [3.8, 4) is 0 Å². The number of nitrogens with one attached hydrogen (secondary N) is 1. The van der Waals surface area contributed by atoms with Crippen molar-refractivity contribution in [1.29, 1.82) is 0 Å². The molecule has 198 valence electrons. The van der Waals surface area contributed by atoms with Gasteiger partial charge in [-0.15, -0.1) is 0 Å². The molecule has 2 aromatic rings. The van der Waals surface area contributed by atoms with Gasteiger partial charge in [0.15, 0.2) is 17.4 Å². The number of aromatic amines is 1. The van der Waals surface area contributed by atoms with Crippen LogP contribution in [0.25, 0.3) is 11.2 Å². The molecule has 6 atom stereocenters. The van der Waals surface area contributed by atoms with Gasteiger partial charge in [0.05, 0.1) is 26.1 Å². The Morgan fingerprint density at radius 1 is 1.17 bits per heavy atom. The van der Waals surface area contributed by atoms with Crippen LogP contribution in [0.3, 0.4) is 0 Å². The van der Waals surface area contributed by atoms with Crippen LogP contribution in [0.2, 0.25) is 0 Å². The molecule has 20 heteroatoms. The highest BCUT2D eigenvalue weighted by atomic mass is 32.2. The monoisotopic (exact) mass is 561 g/mol. The second kappa shape index (κ2) is 11.8. The first-order chi connectivity index (χ1) is 16.4. The third-order valence-corrected chi connectivity index (χ3v) is 7.52. The van der Waals surface area contributed by atoms with Gasteiger partial charge in [-0.3, -0.25) is 32.4 Å². The summed E-state index contributed by atoms with van der Waals surface area (Å²) >= 11 is 1.22. The minimum absolute atomic E-state index is 0.00663. The second-order valence-corrected chi connectivity index (χ2v) is 11.3. The summed E-state index contributed by atoms with van der Waals surface area (Å²) in [4.78, 5) is 41.0. The van der Waals surface area contributed by atoms with Crippen molar-refractivity contribution in [1.82, 2.24) is 19.5 Å². The Kier molecular flexibility index (Phi) is 9.47. The summed E-state index contributed by atoms with van der Waals surface area (Å²) in [5.74, 6) is 0.348. The van der Waals surface area contributed by atoms with Gasteiger partial charge in [0.1, 0.15) is 18.3 Å². The number of aliphatic hydroxyl groups is 2. The van der Waals surface area contributed by atoms with Crippen LogP contribution in [-0.4, -0.2) is 96.3 Å². The molecule has 1 aliphatic heterocycles. The van der Waals surface area contributed by atoms with E-state index in [9.17, 15) is 29.0 Å². The van der Waals surface area contributed by atoms with Crippen LogP contribution in [-0.2, 0) is 32.0 Å². The van der Waals surface area contributed by atoms with Crippen LogP contribution < -0.4 is 11.3 Å². The Morgan fingerprint density at radius 3 is 2.49 bits per heavy atom. The summed E-state index contributed by atoms with van der Waals surface area (Å²) in [6.45, 7) is -0.876. The molecular weight excluding hydrogens is 536 g/mol. The summed E-state index contributed by atoms with van der Waals surface area (Å²) in [7, 11) is -7.54. The molecule has 3 heterocycles. The zero-order valence-corrected chi connectivity index (χ0v) is 20.8. The van der Waals surface area contributed by atoms with E-state index in [1.165, 1.54) is 22.7 Å². The van der Waals surface area contributed by atoms with E-state index in [2.05, 4.69) is 24.0 Å². The largest absolute Gasteiger partial charge is 0.472 e. The fourth-order valence-electron chi connectivity index (χ4n) is 3.01. The molecule has 1 fully saturated rings. The van der Waals surface area contributed by atoms with Gasteiger partial charge >= 0.3 is 15.6 Å². The van der Waals surface area contributed by atoms with Gasteiger partial charge in [-0.2, -0.15) is 16.7 Å². The molecule has 2 unspecified atom stereocenters. The van der Waals surface area contributed by atoms with Crippen LogP contribution in [0.1, 0.15) is 6.23 Å². The molecular formula is C15H25N5O12P2S. The summed E-state index contributed by atoms with van der Waals surface area (Å²) < 4.78 is 48.5. The van der Waals surface area contributed by atoms with Crippen molar-refractivity contribution in [2.45, 2.75) is 24.5 Å². The third-order valence-electron chi connectivity index (χ3n) is 4.66. The zero-order chi connectivity index (χ0) is 25.8. The van der Waals surface area contributed by atoms with Crippen LogP contribution in [0.15, 0.2) is 11.1 Å². The number of hydrogen-bond donors (Lipinski definition) is 6. The molecule has 0 saturated carbocycles. The highest BCUT2D eigenvalue weighted by molar-refractivity contribution is 7.99. The van der Waals surface area contributed by atoms with E-state index in [0.29, 0.717) is 5.75 Å². The average molecular weight is 561 g/mol. The van der Waals surface area contributed by atoms with Crippen molar-refractivity contribution in [3.63, 3.8) is 0 Å². The number of nitrogens with two attached hydrogens (primary N) is 1. The van der Waals surface area contributed by atoms with Crippen LogP contribution in [0, 0.1) is 0 Å². The van der Waals surface area contributed by atoms with Crippen LogP contribution in [0.5, 0.6) is 0 Å². The number of hydrogen-bond acceptors (Lipinski definition) is 14. The number of H-pyrrole nitrogens is 1. The lowest BCUT2D eigenvalue weighted by molar-refractivity contribution is -0.0512. The zero-order valence-electron chi connectivity index (χ0n) is 18.2. The van der Waals surface area contributed by atoms with Gasteiger partial charge in [-0.05, 0) is 0 Å². The van der Waals surface area contributed by atoms with Crippen molar-refractivity contribution in [3.05, 3.63) is 16.7 Å². The van der Waals surface area contributed by atoms with Crippen molar-refractivity contribution < 1.29 is 52.0 Å². The van der Waals surface area contributed by atoms with Gasteiger partial charge in [0.25, 0.3) is 5.56 Å². The Balaban J connectivity index is 1.47. The SMILES string of the molecule is COP(=O)(O)OCCSCCOP(=O)(O)OC[C@H]1O[C@@H](n2cnc3c(=O)[nH]c(N)nc32)[C@H](O)[C@@H]1O. The van der Waals surface area contributed by atoms with Crippen LogP contribution in [0.4, 0.5) is 5.95 Å². The molecule has 3 rings (SSSR count). The number of nitrogen functional groups attached to an aromatic ring is 1. The Hall–Kier alpha value is -1.40. The quantitative estimate of drug-likeness (QED) is 0.126. The number of rotatable bonds is 13. The van der Waals surface area contributed by atoms with Gasteiger partial charge in [0, 0.05) is 18.6 Å². The lowest BCUT2D eigenvalue weighted by Gasteiger charge is -2.17. The molecule has 0 bridgehead atoms. The average Bonchev–Trinajstić information content (AvgIpc) is 3.33. The number of thioether (sulfide) groups is 1. The fraction of sp³-hybridized carbons (Fsp3) is 0.667. The highest BCUT2D eigenvalue weighted by Gasteiger charge is 2.45. The smallest absolute Gasteiger partial charge is 0.387 e. The minimum Gasteiger partial charge on any atom is -0.387 e. The van der Waals surface area contributed by atoms with E-state index in [-0.39, 0.29) is 36.1 Å². The van der Waals surface area contributed by atoms with Gasteiger partial charge in [-0.1, -0.05) is 0 Å². The van der Waals surface area contributed by atoms with E-state index in [0.717, 1.165) is 7.11 Å². The molecule has 0 aromatic carbocycles. The molecule has 7 N–H and O–H groups in total. The topological polar surface area (TPSA) is 251 Å². The summed E-state index contributed by atoms with van der Waals surface area (Å²) in [5.41, 5.74) is 4.88. The molecule has 17 nitrogen and oxygen atoms in total. The number of phosphoric acid groups is 2. The highest BCUT2D eigenvalue weighted by Crippen LogP contribution is 2.45. The minimum atomic E-state index is -4.53. The molecule has 0 spiro atoms. The van der Waals surface area contributed by atoms with Gasteiger partial charge in [-0.25, -0.2) is 14.1 Å². The van der Waals surface area contributed by atoms with E-state index in [1.807, 2.05) is 0 Å². The second-order valence-electron chi connectivity index (χ2n) is 7.02. The number of imidazole rings is 1. The van der Waals surface area contributed by atoms with E-state index in [4.69, 9.17) is 24.4 Å². The number of anilines is 1. The maximum absolute atomic E-state index is 12.1. The van der Waals surface area contributed by atoms with Crippen molar-refractivity contribution >= 4 is 44.5 Å². The van der Waals surface area contributed by atoms with Crippen LogP contribution >= 0.6 is 27.4 Å².